The Morgan fingerprint density at radius 3 is 2.36 bits per heavy atom. The van der Waals surface area contributed by atoms with E-state index in [1.165, 1.54) is 5.56 Å². The SMILES string of the molecule is CCCN(CCC)Cc1c(C)[nH]c2c(CC)cccc2c1=O. The number of rotatable bonds is 7. The highest BCUT2D eigenvalue weighted by Gasteiger charge is 2.14. The van der Waals surface area contributed by atoms with E-state index < -0.39 is 0 Å². The molecule has 0 saturated carbocycles. The van der Waals surface area contributed by atoms with Gasteiger partial charge in [0.05, 0.1) is 5.52 Å². The van der Waals surface area contributed by atoms with Gasteiger partial charge in [-0.1, -0.05) is 32.9 Å². The lowest BCUT2D eigenvalue weighted by Gasteiger charge is -2.22. The van der Waals surface area contributed by atoms with Crippen LogP contribution in [-0.2, 0) is 13.0 Å². The first-order valence-electron chi connectivity index (χ1n) is 8.48. The minimum Gasteiger partial charge on any atom is -0.358 e. The van der Waals surface area contributed by atoms with E-state index in [0.29, 0.717) is 0 Å². The molecule has 2 rings (SSSR count). The van der Waals surface area contributed by atoms with E-state index in [9.17, 15) is 4.79 Å². The van der Waals surface area contributed by atoms with Crippen LogP contribution >= 0.6 is 0 Å². The van der Waals surface area contributed by atoms with Gasteiger partial charge in [-0.05, 0) is 50.9 Å². The Morgan fingerprint density at radius 2 is 1.77 bits per heavy atom. The number of aromatic nitrogens is 1. The molecule has 0 fully saturated rings. The van der Waals surface area contributed by atoms with E-state index >= 15 is 0 Å². The number of pyridine rings is 1. The molecule has 0 aliphatic heterocycles. The smallest absolute Gasteiger partial charge is 0.194 e. The molecule has 22 heavy (non-hydrogen) atoms. The van der Waals surface area contributed by atoms with Crippen molar-refractivity contribution in [2.75, 3.05) is 13.1 Å². The molecule has 0 spiro atoms. The number of hydrogen-bond donors (Lipinski definition) is 1. The standard InChI is InChI=1S/C19H28N2O/c1-5-11-21(12-6-2)13-17-14(4)20-18-15(7-3)9-8-10-16(18)19(17)22/h8-10H,5-7,11-13H2,1-4H3,(H,20,22). The summed E-state index contributed by atoms with van der Waals surface area (Å²) >= 11 is 0. The van der Waals surface area contributed by atoms with Gasteiger partial charge < -0.3 is 4.98 Å². The molecule has 0 atom stereocenters. The molecule has 1 heterocycles. The topological polar surface area (TPSA) is 36.1 Å². The Morgan fingerprint density at radius 1 is 1.09 bits per heavy atom. The number of fused-ring (bicyclic) bond motifs is 1. The first kappa shape index (κ1) is 16.8. The van der Waals surface area contributed by atoms with Crippen LogP contribution in [0.3, 0.4) is 0 Å². The molecular weight excluding hydrogens is 272 g/mol. The fraction of sp³-hybridized carbons (Fsp3) is 0.526. The van der Waals surface area contributed by atoms with Gasteiger partial charge in [-0.2, -0.15) is 0 Å². The summed E-state index contributed by atoms with van der Waals surface area (Å²) < 4.78 is 0. The van der Waals surface area contributed by atoms with Gasteiger partial charge >= 0.3 is 0 Å². The van der Waals surface area contributed by atoms with Crippen LogP contribution < -0.4 is 5.43 Å². The molecule has 0 radical (unpaired) electrons. The Bertz CT molecular complexity index is 682. The predicted octanol–water partition coefficient (Wildman–Crippen LogP) is 4.02. The highest BCUT2D eigenvalue weighted by Crippen LogP contribution is 2.17. The van der Waals surface area contributed by atoms with Crippen molar-refractivity contribution in [2.24, 2.45) is 0 Å². The summed E-state index contributed by atoms with van der Waals surface area (Å²) in [7, 11) is 0. The van der Waals surface area contributed by atoms with Crippen molar-refractivity contribution in [1.29, 1.82) is 0 Å². The van der Waals surface area contributed by atoms with Crippen LogP contribution in [0.15, 0.2) is 23.0 Å². The summed E-state index contributed by atoms with van der Waals surface area (Å²) in [6.45, 7) is 11.4. The van der Waals surface area contributed by atoms with Crippen molar-refractivity contribution >= 4 is 10.9 Å². The molecule has 120 valence electrons. The minimum absolute atomic E-state index is 0.193. The number of aromatic amines is 1. The second-order valence-corrected chi connectivity index (χ2v) is 6.03. The van der Waals surface area contributed by atoms with Gasteiger partial charge in [0.2, 0.25) is 0 Å². The van der Waals surface area contributed by atoms with Gasteiger partial charge in [-0.3, -0.25) is 9.69 Å². The quantitative estimate of drug-likeness (QED) is 0.838. The maximum absolute atomic E-state index is 12.9. The zero-order valence-electron chi connectivity index (χ0n) is 14.3. The van der Waals surface area contributed by atoms with E-state index in [4.69, 9.17) is 0 Å². The van der Waals surface area contributed by atoms with Gasteiger partial charge in [0, 0.05) is 23.2 Å². The lowest BCUT2D eigenvalue weighted by atomic mass is 10.0. The first-order chi connectivity index (χ1) is 10.6. The highest BCUT2D eigenvalue weighted by molar-refractivity contribution is 5.82. The van der Waals surface area contributed by atoms with Gasteiger partial charge in [0.1, 0.15) is 0 Å². The molecular formula is C19H28N2O. The van der Waals surface area contributed by atoms with Crippen LogP contribution in [0, 0.1) is 6.92 Å². The monoisotopic (exact) mass is 300 g/mol. The normalized spacial score (nSPS) is 11.5. The van der Waals surface area contributed by atoms with E-state index in [2.05, 4.69) is 36.7 Å². The highest BCUT2D eigenvalue weighted by atomic mass is 16.1. The van der Waals surface area contributed by atoms with Gasteiger partial charge in [0.25, 0.3) is 0 Å². The van der Waals surface area contributed by atoms with Crippen molar-refractivity contribution in [3.63, 3.8) is 0 Å². The van der Waals surface area contributed by atoms with Crippen molar-refractivity contribution in [1.82, 2.24) is 9.88 Å². The Balaban J connectivity index is 2.49. The molecule has 3 heteroatoms. The number of H-pyrrole nitrogens is 1. The van der Waals surface area contributed by atoms with E-state index in [0.717, 1.165) is 61.1 Å². The molecule has 0 amide bonds. The second-order valence-electron chi connectivity index (χ2n) is 6.03. The Labute approximate surface area is 133 Å². The van der Waals surface area contributed by atoms with Gasteiger partial charge in [-0.25, -0.2) is 0 Å². The lowest BCUT2D eigenvalue weighted by molar-refractivity contribution is 0.265. The number of hydrogen-bond acceptors (Lipinski definition) is 2. The molecule has 0 aliphatic carbocycles. The molecule has 2 aromatic rings. The third-order valence-corrected chi connectivity index (χ3v) is 4.28. The van der Waals surface area contributed by atoms with Crippen LogP contribution in [0.25, 0.3) is 10.9 Å². The molecule has 1 aromatic heterocycles. The molecule has 0 saturated heterocycles. The van der Waals surface area contributed by atoms with Gasteiger partial charge in [-0.15, -0.1) is 0 Å². The third-order valence-electron chi connectivity index (χ3n) is 4.28. The summed E-state index contributed by atoms with van der Waals surface area (Å²) in [5.74, 6) is 0. The maximum atomic E-state index is 12.9. The fourth-order valence-electron chi connectivity index (χ4n) is 3.14. The zero-order chi connectivity index (χ0) is 16.1. The van der Waals surface area contributed by atoms with Crippen molar-refractivity contribution in [3.8, 4) is 0 Å². The van der Waals surface area contributed by atoms with E-state index in [-0.39, 0.29) is 5.43 Å². The summed E-state index contributed by atoms with van der Waals surface area (Å²) in [6, 6.07) is 6.03. The van der Waals surface area contributed by atoms with Crippen LogP contribution in [0.5, 0.6) is 0 Å². The van der Waals surface area contributed by atoms with Crippen LogP contribution in [-0.4, -0.2) is 23.0 Å². The van der Waals surface area contributed by atoms with Crippen molar-refractivity contribution < 1.29 is 0 Å². The Hall–Kier alpha value is -1.61. The van der Waals surface area contributed by atoms with Crippen molar-refractivity contribution in [2.45, 2.75) is 53.5 Å². The number of nitrogens with one attached hydrogen (secondary N) is 1. The number of aryl methyl sites for hydroxylation is 2. The molecule has 3 nitrogen and oxygen atoms in total. The molecule has 0 aliphatic rings. The maximum Gasteiger partial charge on any atom is 0.194 e. The first-order valence-corrected chi connectivity index (χ1v) is 8.48. The summed E-state index contributed by atoms with van der Waals surface area (Å²) in [5.41, 5.74) is 4.34. The summed E-state index contributed by atoms with van der Waals surface area (Å²) in [6.07, 6.45) is 3.17. The van der Waals surface area contributed by atoms with E-state index in [1.807, 2.05) is 19.1 Å². The number of nitrogens with zero attached hydrogens (tertiary/aromatic N) is 1. The molecule has 0 unspecified atom stereocenters. The summed E-state index contributed by atoms with van der Waals surface area (Å²) in [5, 5.41) is 0.827. The number of benzene rings is 1. The zero-order valence-corrected chi connectivity index (χ0v) is 14.3. The fourth-order valence-corrected chi connectivity index (χ4v) is 3.14. The minimum atomic E-state index is 0.193. The Kier molecular flexibility index (Phi) is 5.78. The van der Waals surface area contributed by atoms with Crippen LogP contribution in [0.1, 0.15) is 50.4 Å². The summed E-state index contributed by atoms with van der Waals surface area (Å²) in [4.78, 5) is 18.8. The average molecular weight is 300 g/mol. The molecule has 1 N–H and O–H groups in total. The van der Waals surface area contributed by atoms with Crippen LogP contribution in [0.2, 0.25) is 0 Å². The van der Waals surface area contributed by atoms with Crippen molar-refractivity contribution in [3.05, 3.63) is 45.2 Å². The lowest BCUT2D eigenvalue weighted by Crippen LogP contribution is -2.29. The molecule has 1 aromatic carbocycles. The largest absolute Gasteiger partial charge is 0.358 e. The number of para-hydroxylation sites is 1. The third kappa shape index (κ3) is 3.41. The van der Waals surface area contributed by atoms with E-state index in [1.54, 1.807) is 0 Å². The van der Waals surface area contributed by atoms with Gasteiger partial charge in [0.15, 0.2) is 5.43 Å². The average Bonchev–Trinajstić information content (AvgIpc) is 2.51. The second kappa shape index (κ2) is 7.59. The van der Waals surface area contributed by atoms with Crippen LogP contribution in [0.4, 0.5) is 0 Å². The predicted molar refractivity (Wildman–Crippen MR) is 94.5 cm³/mol. The molecule has 0 bridgehead atoms.